The van der Waals surface area contributed by atoms with Crippen LogP contribution in [-0.4, -0.2) is 19.1 Å². The zero-order chi connectivity index (χ0) is 11.3. The quantitative estimate of drug-likeness (QED) is 0.766. The Labute approximate surface area is 95.2 Å². The highest BCUT2D eigenvalue weighted by Crippen LogP contribution is 2.39. The number of benzene rings is 1. The molecule has 2 aromatic rings. The Balaban J connectivity index is 2.39. The van der Waals surface area contributed by atoms with Gasteiger partial charge in [0, 0.05) is 48.5 Å². The molecule has 3 N–H and O–H groups in total. The SMILES string of the molecule is CN(C)c1ccc2[nH]cc3c2c1C(N)CC3. The van der Waals surface area contributed by atoms with E-state index >= 15 is 0 Å². The van der Waals surface area contributed by atoms with Crippen LogP contribution in [0.15, 0.2) is 18.3 Å². The van der Waals surface area contributed by atoms with Crippen LogP contribution >= 0.6 is 0 Å². The Kier molecular flexibility index (Phi) is 1.98. The van der Waals surface area contributed by atoms with Crippen molar-refractivity contribution in [2.45, 2.75) is 18.9 Å². The maximum atomic E-state index is 6.26. The summed E-state index contributed by atoms with van der Waals surface area (Å²) in [6, 6.07) is 4.48. The number of nitrogens with zero attached hydrogens (tertiary/aromatic N) is 1. The summed E-state index contributed by atoms with van der Waals surface area (Å²) in [6.07, 6.45) is 4.26. The molecule has 0 aliphatic heterocycles. The van der Waals surface area contributed by atoms with Gasteiger partial charge >= 0.3 is 0 Å². The minimum Gasteiger partial charge on any atom is -0.377 e. The summed E-state index contributed by atoms with van der Waals surface area (Å²) >= 11 is 0. The Hall–Kier alpha value is -1.48. The molecule has 1 unspecified atom stereocenters. The van der Waals surface area contributed by atoms with Crippen molar-refractivity contribution < 1.29 is 0 Å². The fourth-order valence-electron chi connectivity index (χ4n) is 2.73. The third-order valence-electron chi connectivity index (χ3n) is 3.52. The Morgan fingerprint density at radius 1 is 1.38 bits per heavy atom. The minimum atomic E-state index is 0.171. The van der Waals surface area contributed by atoms with Crippen molar-refractivity contribution >= 4 is 16.6 Å². The molecule has 1 aromatic carbocycles. The monoisotopic (exact) mass is 215 g/mol. The van der Waals surface area contributed by atoms with Crippen LogP contribution in [0.1, 0.15) is 23.6 Å². The fourth-order valence-corrected chi connectivity index (χ4v) is 2.73. The van der Waals surface area contributed by atoms with Crippen LogP contribution in [0.25, 0.3) is 10.9 Å². The fraction of sp³-hybridized carbons (Fsp3) is 0.385. The van der Waals surface area contributed by atoms with Gasteiger partial charge in [0.25, 0.3) is 0 Å². The predicted octanol–water partition coefficient (Wildman–Crippen LogP) is 2.18. The lowest BCUT2D eigenvalue weighted by molar-refractivity contribution is 0.643. The van der Waals surface area contributed by atoms with Crippen LogP contribution in [0.3, 0.4) is 0 Å². The van der Waals surface area contributed by atoms with Gasteiger partial charge in [-0.15, -0.1) is 0 Å². The van der Waals surface area contributed by atoms with Crippen molar-refractivity contribution in [2.24, 2.45) is 5.73 Å². The average molecular weight is 215 g/mol. The van der Waals surface area contributed by atoms with E-state index in [2.05, 4.69) is 42.3 Å². The Morgan fingerprint density at radius 3 is 2.94 bits per heavy atom. The number of aromatic amines is 1. The van der Waals surface area contributed by atoms with Crippen molar-refractivity contribution in [3.8, 4) is 0 Å². The first-order valence-corrected chi connectivity index (χ1v) is 5.74. The molecular formula is C13H17N3. The lowest BCUT2D eigenvalue weighted by Crippen LogP contribution is -2.20. The lowest BCUT2D eigenvalue weighted by Gasteiger charge is -2.26. The molecule has 3 heteroatoms. The van der Waals surface area contributed by atoms with Gasteiger partial charge in [0.1, 0.15) is 0 Å². The summed E-state index contributed by atoms with van der Waals surface area (Å²) in [5.41, 5.74) is 11.4. The van der Waals surface area contributed by atoms with Crippen LogP contribution in [0.4, 0.5) is 5.69 Å². The molecule has 0 spiro atoms. The Morgan fingerprint density at radius 2 is 2.19 bits per heavy atom. The number of nitrogens with two attached hydrogens (primary N) is 1. The van der Waals surface area contributed by atoms with Crippen LogP contribution in [0.2, 0.25) is 0 Å². The lowest BCUT2D eigenvalue weighted by atomic mass is 9.88. The van der Waals surface area contributed by atoms with Crippen molar-refractivity contribution in [2.75, 3.05) is 19.0 Å². The third-order valence-corrected chi connectivity index (χ3v) is 3.52. The predicted molar refractivity (Wildman–Crippen MR) is 67.9 cm³/mol. The van der Waals surface area contributed by atoms with Crippen molar-refractivity contribution in [1.29, 1.82) is 0 Å². The van der Waals surface area contributed by atoms with Gasteiger partial charge in [-0.1, -0.05) is 0 Å². The first-order chi connectivity index (χ1) is 7.68. The summed E-state index contributed by atoms with van der Waals surface area (Å²) in [5.74, 6) is 0. The second-order valence-electron chi connectivity index (χ2n) is 4.77. The second kappa shape index (κ2) is 3.25. The van der Waals surface area contributed by atoms with Crippen molar-refractivity contribution in [1.82, 2.24) is 4.98 Å². The van der Waals surface area contributed by atoms with E-state index in [0.717, 1.165) is 12.8 Å². The molecule has 0 radical (unpaired) electrons. The topological polar surface area (TPSA) is 45.0 Å². The second-order valence-corrected chi connectivity index (χ2v) is 4.77. The molecular weight excluding hydrogens is 198 g/mol. The van der Waals surface area contributed by atoms with Crippen LogP contribution < -0.4 is 10.6 Å². The Bertz CT molecular complexity index is 539. The van der Waals surface area contributed by atoms with E-state index in [9.17, 15) is 0 Å². The molecule has 84 valence electrons. The largest absolute Gasteiger partial charge is 0.377 e. The third kappa shape index (κ3) is 1.18. The standard InChI is InChI=1S/C13H17N3/c1-16(2)11-6-5-10-12-8(7-15-10)3-4-9(14)13(11)12/h5-7,9,15H,3-4,14H2,1-2H3. The minimum absolute atomic E-state index is 0.171. The smallest absolute Gasteiger partial charge is 0.0461 e. The molecule has 16 heavy (non-hydrogen) atoms. The average Bonchev–Trinajstić information content (AvgIpc) is 2.67. The number of rotatable bonds is 1. The molecule has 0 saturated carbocycles. The van der Waals surface area contributed by atoms with Gasteiger partial charge in [-0.3, -0.25) is 0 Å². The van der Waals surface area contributed by atoms with Gasteiger partial charge in [0.2, 0.25) is 0 Å². The van der Waals surface area contributed by atoms with E-state index in [0.29, 0.717) is 0 Å². The highest BCUT2D eigenvalue weighted by Gasteiger charge is 2.23. The van der Waals surface area contributed by atoms with E-state index in [1.807, 2.05) is 0 Å². The maximum Gasteiger partial charge on any atom is 0.0461 e. The molecule has 0 bridgehead atoms. The number of aromatic nitrogens is 1. The summed E-state index contributed by atoms with van der Waals surface area (Å²) in [5, 5.41) is 1.35. The molecule has 1 aliphatic carbocycles. The highest BCUT2D eigenvalue weighted by molar-refractivity contribution is 5.92. The van der Waals surface area contributed by atoms with Gasteiger partial charge in [0.15, 0.2) is 0 Å². The van der Waals surface area contributed by atoms with Crippen molar-refractivity contribution in [3.63, 3.8) is 0 Å². The summed E-state index contributed by atoms with van der Waals surface area (Å²) < 4.78 is 0. The van der Waals surface area contributed by atoms with E-state index in [1.165, 1.54) is 27.7 Å². The van der Waals surface area contributed by atoms with Gasteiger partial charge in [-0.2, -0.15) is 0 Å². The number of hydrogen-bond donors (Lipinski definition) is 2. The van der Waals surface area contributed by atoms with Gasteiger partial charge in [0.05, 0.1) is 0 Å². The zero-order valence-corrected chi connectivity index (χ0v) is 9.75. The van der Waals surface area contributed by atoms with Crippen LogP contribution in [-0.2, 0) is 6.42 Å². The first-order valence-electron chi connectivity index (χ1n) is 5.74. The van der Waals surface area contributed by atoms with Crippen molar-refractivity contribution in [3.05, 3.63) is 29.5 Å². The number of nitrogens with one attached hydrogen (secondary N) is 1. The summed E-state index contributed by atoms with van der Waals surface area (Å²) in [4.78, 5) is 5.48. The molecule has 0 amide bonds. The normalized spacial score (nSPS) is 19.1. The molecule has 0 fully saturated rings. The summed E-state index contributed by atoms with van der Waals surface area (Å²) in [7, 11) is 4.15. The first kappa shape index (κ1) is 9.73. The molecule has 3 nitrogen and oxygen atoms in total. The molecule has 1 heterocycles. The van der Waals surface area contributed by atoms with Crippen LogP contribution in [0, 0.1) is 0 Å². The molecule has 3 rings (SSSR count). The van der Waals surface area contributed by atoms with E-state index in [4.69, 9.17) is 5.73 Å². The number of H-pyrrole nitrogens is 1. The van der Waals surface area contributed by atoms with Crippen LogP contribution in [0.5, 0.6) is 0 Å². The molecule has 1 atom stereocenters. The van der Waals surface area contributed by atoms with Gasteiger partial charge in [-0.05, 0) is 30.5 Å². The maximum absolute atomic E-state index is 6.26. The van der Waals surface area contributed by atoms with E-state index < -0.39 is 0 Å². The van der Waals surface area contributed by atoms with E-state index in [1.54, 1.807) is 0 Å². The number of aryl methyl sites for hydroxylation is 1. The zero-order valence-electron chi connectivity index (χ0n) is 9.75. The van der Waals surface area contributed by atoms with Gasteiger partial charge < -0.3 is 15.6 Å². The molecule has 1 aromatic heterocycles. The summed E-state index contributed by atoms with van der Waals surface area (Å²) in [6.45, 7) is 0. The molecule has 0 saturated heterocycles. The molecule has 1 aliphatic rings. The number of hydrogen-bond acceptors (Lipinski definition) is 2. The number of anilines is 1. The van der Waals surface area contributed by atoms with E-state index in [-0.39, 0.29) is 6.04 Å². The highest BCUT2D eigenvalue weighted by atomic mass is 15.1. The van der Waals surface area contributed by atoms with Gasteiger partial charge in [-0.25, -0.2) is 0 Å².